The number of hydrogen-bond acceptors (Lipinski definition) is 6. The Morgan fingerprint density at radius 1 is 1.12 bits per heavy atom. The number of methoxy groups -OCH3 is 1. The van der Waals surface area contributed by atoms with E-state index in [1.807, 2.05) is 54.6 Å². The standard InChI is InChI=1S/C18H17N5O2/c1-25-15-9-7-14(8-10-15)12-19-22-18-20-17(24)16(21-23-18)11-13-5-3-2-4-6-13/h2-10,12H,11H2,1H3,(H2,20,22,23,24). The molecule has 1 aromatic heterocycles. The van der Waals surface area contributed by atoms with Gasteiger partial charge in [0.2, 0.25) is 5.95 Å². The Hall–Kier alpha value is -3.48. The van der Waals surface area contributed by atoms with Gasteiger partial charge in [-0.1, -0.05) is 30.3 Å². The SMILES string of the molecule is COc1ccc(C=NNc2nnc(Cc3ccccc3)c(=O)[nH]2)cc1. The van der Waals surface area contributed by atoms with Gasteiger partial charge in [-0.05, 0) is 35.4 Å². The van der Waals surface area contributed by atoms with Crippen molar-refractivity contribution in [3.05, 3.63) is 81.8 Å². The predicted molar refractivity (Wildman–Crippen MR) is 96.1 cm³/mol. The predicted octanol–water partition coefficient (Wildman–Crippen LogP) is 2.21. The van der Waals surface area contributed by atoms with Gasteiger partial charge in [0.25, 0.3) is 5.56 Å². The maximum Gasteiger partial charge on any atom is 0.274 e. The van der Waals surface area contributed by atoms with E-state index in [0.29, 0.717) is 12.1 Å². The molecule has 0 saturated heterocycles. The summed E-state index contributed by atoms with van der Waals surface area (Å²) < 4.78 is 5.09. The van der Waals surface area contributed by atoms with Crippen LogP contribution < -0.4 is 15.7 Å². The van der Waals surface area contributed by atoms with E-state index in [1.54, 1.807) is 13.3 Å². The summed E-state index contributed by atoms with van der Waals surface area (Å²) in [5.74, 6) is 0.959. The van der Waals surface area contributed by atoms with E-state index in [4.69, 9.17) is 4.74 Å². The van der Waals surface area contributed by atoms with Crippen molar-refractivity contribution in [2.24, 2.45) is 5.10 Å². The Bertz CT molecular complexity index is 905. The molecular weight excluding hydrogens is 318 g/mol. The summed E-state index contributed by atoms with van der Waals surface area (Å²) in [6.45, 7) is 0. The lowest BCUT2D eigenvalue weighted by molar-refractivity contribution is 0.415. The zero-order valence-corrected chi connectivity index (χ0v) is 13.6. The maximum absolute atomic E-state index is 12.1. The minimum atomic E-state index is -0.291. The van der Waals surface area contributed by atoms with Crippen molar-refractivity contribution in [3.8, 4) is 5.75 Å². The summed E-state index contributed by atoms with van der Waals surface area (Å²) >= 11 is 0. The van der Waals surface area contributed by atoms with Gasteiger partial charge in [0.15, 0.2) is 0 Å². The number of hydrazone groups is 1. The highest BCUT2D eigenvalue weighted by Gasteiger charge is 2.05. The topological polar surface area (TPSA) is 92.3 Å². The van der Waals surface area contributed by atoms with E-state index in [1.165, 1.54) is 0 Å². The number of nitrogens with zero attached hydrogens (tertiary/aromatic N) is 3. The van der Waals surface area contributed by atoms with Crippen LogP contribution in [0, 0.1) is 0 Å². The van der Waals surface area contributed by atoms with E-state index >= 15 is 0 Å². The number of nitrogens with one attached hydrogen (secondary N) is 2. The third kappa shape index (κ3) is 4.51. The first kappa shape index (κ1) is 16.4. The molecule has 2 aromatic carbocycles. The summed E-state index contributed by atoms with van der Waals surface area (Å²) in [5.41, 5.74) is 4.61. The minimum absolute atomic E-state index is 0.187. The monoisotopic (exact) mass is 335 g/mol. The summed E-state index contributed by atoms with van der Waals surface area (Å²) in [4.78, 5) is 14.7. The van der Waals surface area contributed by atoms with Crippen molar-refractivity contribution in [1.82, 2.24) is 15.2 Å². The Labute approximate surface area is 144 Å². The molecule has 3 rings (SSSR count). The van der Waals surface area contributed by atoms with Crippen molar-refractivity contribution in [1.29, 1.82) is 0 Å². The van der Waals surface area contributed by atoms with Crippen LogP contribution in [0.1, 0.15) is 16.8 Å². The highest BCUT2D eigenvalue weighted by Crippen LogP contribution is 2.09. The van der Waals surface area contributed by atoms with Gasteiger partial charge in [-0.25, -0.2) is 5.43 Å². The Balaban J connectivity index is 1.64. The second-order valence-corrected chi connectivity index (χ2v) is 5.25. The molecule has 0 fully saturated rings. The third-order valence-corrected chi connectivity index (χ3v) is 3.48. The van der Waals surface area contributed by atoms with Gasteiger partial charge in [0.05, 0.1) is 13.3 Å². The maximum atomic E-state index is 12.1. The summed E-state index contributed by atoms with van der Waals surface area (Å²) in [5, 5.41) is 12.0. The number of aromatic nitrogens is 3. The molecule has 0 aliphatic heterocycles. The van der Waals surface area contributed by atoms with Gasteiger partial charge in [0.1, 0.15) is 11.4 Å². The molecule has 7 nitrogen and oxygen atoms in total. The van der Waals surface area contributed by atoms with Crippen LogP contribution in [0.3, 0.4) is 0 Å². The molecule has 1 heterocycles. The third-order valence-electron chi connectivity index (χ3n) is 3.48. The molecule has 0 atom stereocenters. The molecule has 126 valence electrons. The molecule has 0 aliphatic carbocycles. The average Bonchev–Trinajstić information content (AvgIpc) is 2.65. The molecular formula is C18H17N5O2. The zero-order valence-electron chi connectivity index (χ0n) is 13.6. The Morgan fingerprint density at radius 2 is 1.88 bits per heavy atom. The van der Waals surface area contributed by atoms with Gasteiger partial charge in [-0.2, -0.15) is 5.10 Å². The Morgan fingerprint density at radius 3 is 2.56 bits per heavy atom. The van der Waals surface area contributed by atoms with Crippen molar-refractivity contribution in [2.75, 3.05) is 12.5 Å². The van der Waals surface area contributed by atoms with Crippen LogP contribution in [0.2, 0.25) is 0 Å². The summed E-state index contributed by atoms with van der Waals surface area (Å²) in [6.07, 6.45) is 2.04. The van der Waals surface area contributed by atoms with Crippen LogP contribution in [0.25, 0.3) is 0 Å². The van der Waals surface area contributed by atoms with E-state index in [-0.39, 0.29) is 11.5 Å². The number of H-pyrrole nitrogens is 1. The van der Waals surface area contributed by atoms with Crippen molar-refractivity contribution >= 4 is 12.2 Å². The molecule has 0 saturated carbocycles. The second kappa shape index (κ2) is 7.87. The van der Waals surface area contributed by atoms with E-state index < -0.39 is 0 Å². The molecule has 25 heavy (non-hydrogen) atoms. The molecule has 7 heteroatoms. The van der Waals surface area contributed by atoms with Crippen LogP contribution in [-0.4, -0.2) is 28.5 Å². The lowest BCUT2D eigenvalue weighted by Gasteiger charge is -2.02. The second-order valence-electron chi connectivity index (χ2n) is 5.25. The van der Waals surface area contributed by atoms with Gasteiger partial charge >= 0.3 is 0 Å². The first-order valence-corrected chi connectivity index (χ1v) is 7.67. The molecule has 3 aromatic rings. The van der Waals surface area contributed by atoms with Crippen LogP contribution in [0.5, 0.6) is 5.75 Å². The van der Waals surface area contributed by atoms with Crippen LogP contribution >= 0.6 is 0 Å². The van der Waals surface area contributed by atoms with Crippen LogP contribution in [0.4, 0.5) is 5.95 Å². The average molecular weight is 335 g/mol. The lowest BCUT2D eigenvalue weighted by atomic mass is 10.1. The highest BCUT2D eigenvalue weighted by molar-refractivity contribution is 5.80. The van der Waals surface area contributed by atoms with Gasteiger partial charge in [0, 0.05) is 6.42 Å². The molecule has 0 aliphatic rings. The number of aromatic amines is 1. The molecule has 0 spiro atoms. The van der Waals surface area contributed by atoms with Crippen molar-refractivity contribution in [2.45, 2.75) is 6.42 Å². The highest BCUT2D eigenvalue weighted by atomic mass is 16.5. The molecule has 0 unspecified atom stereocenters. The first-order valence-electron chi connectivity index (χ1n) is 7.67. The number of rotatable bonds is 6. The smallest absolute Gasteiger partial charge is 0.274 e. The van der Waals surface area contributed by atoms with E-state index in [9.17, 15) is 4.79 Å². The quantitative estimate of drug-likeness (QED) is 0.532. The Kier molecular flexibility index (Phi) is 5.16. The fourth-order valence-corrected chi connectivity index (χ4v) is 2.17. The lowest BCUT2D eigenvalue weighted by Crippen LogP contribution is -2.18. The summed E-state index contributed by atoms with van der Waals surface area (Å²) in [6, 6.07) is 17.0. The van der Waals surface area contributed by atoms with Crippen LogP contribution in [0.15, 0.2) is 64.5 Å². The number of hydrogen-bond donors (Lipinski definition) is 2. The fourth-order valence-electron chi connectivity index (χ4n) is 2.17. The van der Waals surface area contributed by atoms with Gasteiger partial charge in [-0.3, -0.25) is 9.78 Å². The van der Waals surface area contributed by atoms with Gasteiger partial charge < -0.3 is 4.74 Å². The molecule has 0 amide bonds. The minimum Gasteiger partial charge on any atom is -0.497 e. The largest absolute Gasteiger partial charge is 0.497 e. The molecule has 0 bridgehead atoms. The molecule has 2 N–H and O–H groups in total. The number of ether oxygens (including phenoxy) is 1. The van der Waals surface area contributed by atoms with Crippen LogP contribution in [-0.2, 0) is 6.42 Å². The van der Waals surface area contributed by atoms with E-state index in [2.05, 4.69) is 25.7 Å². The van der Waals surface area contributed by atoms with Crippen molar-refractivity contribution in [3.63, 3.8) is 0 Å². The van der Waals surface area contributed by atoms with E-state index in [0.717, 1.165) is 16.9 Å². The fraction of sp³-hybridized carbons (Fsp3) is 0.111. The molecule has 0 radical (unpaired) electrons. The normalized spacial score (nSPS) is 10.8. The van der Waals surface area contributed by atoms with Crippen molar-refractivity contribution < 1.29 is 4.74 Å². The zero-order chi connectivity index (χ0) is 17.5. The number of anilines is 1. The summed E-state index contributed by atoms with van der Waals surface area (Å²) in [7, 11) is 1.61. The first-order chi connectivity index (χ1) is 12.2. The number of benzene rings is 2. The van der Waals surface area contributed by atoms with Gasteiger partial charge in [-0.15, -0.1) is 10.2 Å².